The molecule has 0 spiro atoms. The topological polar surface area (TPSA) is 92.7 Å². The molecule has 1 fully saturated rings. The summed E-state index contributed by atoms with van der Waals surface area (Å²) in [6.07, 6.45) is 2.17. The van der Waals surface area contributed by atoms with Crippen molar-refractivity contribution in [1.29, 1.82) is 0 Å². The lowest BCUT2D eigenvalue weighted by Gasteiger charge is -2.34. The molecule has 150 valence electrons. The number of ether oxygens (including phenoxy) is 2. The molecule has 1 aliphatic heterocycles. The number of piperazine rings is 1. The van der Waals surface area contributed by atoms with E-state index >= 15 is 0 Å². The van der Waals surface area contributed by atoms with Gasteiger partial charge in [0.15, 0.2) is 5.82 Å². The fourth-order valence-corrected chi connectivity index (χ4v) is 3.07. The second kappa shape index (κ2) is 9.72. The Morgan fingerprint density at radius 3 is 2.75 bits per heavy atom. The highest BCUT2D eigenvalue weighted by atomic mass is 16.6. The van der Waals surface area contributed by atoms with E-state index < -0.39 is 0 Å². The highest BCUT2D eigenvalue weighted by molar-refractivity contribution is 5.68. The second-order valence-corrected chi connectivity index (χ2v) is 6.30. The molecule has 3 rings (SSSR count). The van der Waals surface area contributed by atoms with Gasteiger partial charge in [-0.05, 0) is 25.0 Å². The average Bonchev–Trinajstić information content (AvgIpc) is 2.74. The predicted molar refractivity (Wildman–Crippen MR) is 106 cm³/mol. The Bertz CT molecular complexity index is 780. The van der Waals surface area contributed by atoms with Gasteiger partial charge in [-0.3, -0.25) is 0 Å². The lowest BCUT2D eigenvalue weighted by atomic mass is 10.1. The van der Waals surface area contributed by atoms with Crippen LogP contribution >= 0.6 is 0 Å². The van der Waals surface area contributed by atoms with Gasteiger partial charge in [-0.15, -0.1) is 5.10 Å². The Balaban J connectivity index is 1.52. The number of rotatable bonds is 7. The third-order valence-corrected chi connectivity index (χ3v) is 4.55. The minimum atomic E-state index is -0.262. The highest BCUT2D eigenvalue weighted by Crippen LogP contribution is 2.18. The minimum Gasteiger partial charge on any atom is -0.496 e. The fraction of sp³-hybridized carbons (Fsp3) is 0.474. The smallest absolute Gasteiger partial charge is 0.409 e. The molecule has 9 nitrogen and oxygen atoms in total. The van der Waals surface area contributed by atoms with E-state index in [9.17, 15) is 4.79 Å². The number of carbonyl (C=O) groups excluding carboxylic acids is 1. The number of aromatic nitrogens is 3. The van der Waals surface area contributed by atoms with Crippen molar-refractivity contribution in [2.24, 2.45) is 0 Å². The van der Waals surface area contributed by atoms with Gasteiger partial charge < -0.3 is 24.6 Å². The number of para-hydroxylation sites is 1. The van der Waals surface area contributed by atoms with Crippen molar-refractivity contribution in [3.05, 3.63) is 36.0 Å². The van der Waals surface area contributed by atoms with Gasteiger partial charge in [-0.1, -0.05) is 18.2 Å². The van der Waals surface area contributed by atoms with Crippen molar-refractivity contribution in [2.75, 3.05) is 56.7 Å². The number of nitrogens with zero attached hydrogens (tertiary/aromatic N) is 5. The molecular weight excluding hydrogens is 360 g/mol. The van der Waals surface area contributed by atoms with Gasteiger partial charge in [0.2, 0.25) is 5.95 Å². The molecule has 28 heavy (non-hydrogen) atoms. The zero-order valence-corrected chi connectivity index (χ0v) is 16.3. The van der Waals surface area contributed by atoms with Gasteiger partial charge >= 0.3 is 6.09 Å². The van der Waals surface area contributed by atoms with Crippen molar-refractivity contribution >= 4 is 17.9 Å². The third-order valence-electron chi connectivity index (χ3n) is 4.55. The number of nitrogens with one attached hydrogen (secondary N) is 1. The molecule has 0 radical (unpaired) electrons. The van der Waals surface area contributed by atoms with E-state index in [1.807, 2.05) is 31.2 Å². The van der Waals surface area contributed by atoms with Crippen LogP contribution in [0.3, 0.4) is 0 Å². The van der Waals surface area contributed by atoms with E-state index in [-0.39, 0.29) is 6.09 Å². The average molecular weight is 386 g/mol. The van der Waals surface area contributed by atoms with Gasteiger partial charge in [0, 0.05) is 32.7 Å². The predicted octanol–water partition coefficient (Wildman–Crippen LogP) is 1.81. The first-order valence-electron chi connectivity index (χ1n) is 9.43. The van der Waals surface area contributed by atoms with Crippen molar-refractivity contribution in [2.45, 2.75) is 13.3 Å². The number of hydrogen-bond donors (Lipinski definition) is 1. The van der Waals surface area contributed by atoms with Crippen LogP contribution in [0.15, 0.2) is 30.5 Å². The van der Waals surface area contributed by atoms with Gasteiger partial charge in [-0.25, -0.2) is 4.79 Å². The molecule has 0 unspecified atom stereocenters. The summed E-state index contributed by atoms with van der Waals surface area (Å²) in [6, 6.07) is 7.93. The quantitative estimate of drug-likeness (QED) is 0.770. The van der Waals surface area contributed by atoms with Crippen LogP contribution < -0.4 is 15.0 Å². The van der Waals surface area contributed by atoms with Gasteiger partial charge in [0.1, 0.15) is 5.75 Å². The van der Waals surface area contributed by atoms with E-state index in [4.69, 9.17) is 9.47 Å². The first kappa shape index (κ1) is 19.7. The summed E-state index contributed by atoms with van der Waals surface area (Å²) in [5, 5.41) is 11.3. The monoisotopic (exact) mass is 386 g/mol. The van der Waals surface area contributed by atoms with Crippen LogP contribution in [0.25, 0.3) is 0 Å². The maximum absolute atomic E-state index is 11.8. The van der Waals surface area contributed by atoms with E-state index in [0.29, 0.717) is 45.3 Å². The molecular formula is C19H26N6O3. The van der Waals surface area contributed by atoms with Crippen LogP contribution in [0.1, 0.15) is 12.5 Å². The Kier molecular flexibility index (Phi) is 6.83. The Morgan fingerprint density at radius 2 is 2.00 bits per heavy atom. The molecule has 1 aromatic carbocycles. The summed E-state index contributed by atoms with van der Waals surface area (Å²) in [4.78, 5) is 20.2. The largest absolute Gasteiger partial charge is 0.496 e. The number of hydrogen-bond acceptors (Lipinski definition) is 8. The number of carbonyl (C=O) groups is 1. The lowest BCUT2D eigenvalue weighted by Crippen LogP contribution is -2.49. The van der Waals surface area contributed by atoms with Crippen LogP contribution in [0.5, 0.6) is 5.75 Å². The molecule has 2 heterocycles. The molecule has 1 saturated heterocycles. The van der Waals surface area contributed by atoms with E-state index in [2.05, 4.69) is 25.4 Å². The van der Waals surface area contributed by atoms with Crippen molar-refractivity contribution < 1.29 is 14.3 Å². The molecule has 0 bridgehead atoms. The number of amides is 1. The van der Waals surface area contributed by atoms with Gasteiger partial charge in [0.05, 0.1) is 19.9 Å². The van der Waals surface area contributed by atoms with E-state index in [1.165, 1.54) is 0 Å². The fourth-order valence-electron chi connectivity index (χ4n) is 3.07. The lowest BCUT2D eigenvalue weighted by molar-refractivity contribution is 0.105. The third kappa shape index (κ3) is 4.99. The zero-order valence-electron chi connectivity index (χ0n) is 16.3. The SMILES string of the molecule is CCOC(=O)N1CCN(c2cnnc(NCCc3ccccc3OC)n2)CC1. The first-order chi connectivity index (χ1) is 13.7. The van der Waals surface area contributed by atoms with Crippen molar-refractivity contribution in [3.63, 3.8) is 0 Å². The summed E-state index contributed by atoms with van der Waals surface area (Å²) < 4.78 is 10.4. The summed E-state index contributed by atoms with van der Waals surface area (Å²) in [6.45, 7) is 5.42. The van der Waals surface area contributed by atoms with Crippen LogP contribution in [0.2, 0.25) is 0 Å². The maximum atomic E-state index is 11.8. The van der Waals surface area contributed by atoms with Crippen LogP contribution in [0, 0.1) is 0 Å². The number of benzene rings is 1. The number of anilines is 2. The molecule has 2 aromatic rings. The molecule has 1 aliphatic rings. The van der Waals surface area contributed by atoms with Crippen molar-refractivity contribution in [3.8, 4) is 5.75 Å². The van der Waals surface area contributed by atoms with Crippen molar-refractivity contribution in [1.82, 2.24) is 20.1 Å². The van der Waals surface area contributed by atoms with Crippen LogP contribution in [0.4, 0.5) is 16.6 Å². The minimum absolute atomic E-state index is 0.262. The molecule has 0 saturated carbocycles. The molecule has 0 aliphatic carbocycles. The van der Waals surface area contributed by atoms with E-state index in [0.717, 1.165) is 23.6 Å². The number of methoxy groups -OCH3 is 1. The van der Waals surface area contributed by atoms with Gasteiger partial charge in [-0.2, -0.15) is 10.1 Å². The second-order valence-electron chi connectivity index (χ2n) is 6.30. The van der Waals surface area contributed by atoms with Crippen LogP contribution in [-0.2, 0) is 11.2 Å². The molecule has 1 aromatic heterocycles. The first-order valence-corrected chi connectivity index (χ1v) is 9.43. The van der Waals surface area contributed by atoms with Gasteiger partial charge in [0.25, 0.3) is 0 Å². The van der Waals surface area contributed by atoms with E-state index in [1.54, 1.807) is 18.2 Å². The molecule has 1 amide bonds. The highest BCUT2D eigenvalue weighted by Gasteiger charge is 2.23. The summed E-state index contributed by atoms with van der Waals surface area (Å²) in [5.74, 6) is 2.11. The normalized spacial score (nSPS) is 13.9. The summed E-state index contributed by atoms with van der Waals surface area (Å²) in [5.41, 5.74) is 1.12. The summed E-state index contributed by atoms with van der Waals surface area (Å²) >= 11 is 0. The standard InChI is InChI=1S/C19H26N6O3/c1-3-28-19(26)25-12-10-24(11-13-25)17-14-21-23-18(22-17)20-9-8-15-6-4-5-7-16(15)27-2/h4-7,14H,3,8-13H2,1-2H3,(H,20,22,23). The Labute approximate surface area is 164 Å². The van der Waals surface area contributed by atoms with Crippen LogP contribution in [-0.4, -0.2) is 72.6 Å². The molecule has 9 heteroatoms. The molecule has 0 atom stereocenters. The molecule has 1 N–H and O–H groups in total. The summed E-state index contributed by atoms with van der Waals surface area (Å²) in [7, 11) is 1.67. The maximum Gasteiger partial charge on any atom is 0.409 e. The Hall–Kier alpha value is -3.10. The Morgan fingerprint density at radius 1 is 1.21 bits per heavy atom. The zero-order chi connectivity index (χ0) is 19.8.